The van der Waals surface area contributed by atoms with E-state index in [-0.39, 0.29) is 24.3 Å². The summed E-state index contributed by atoms with van der Waals surface area (Å²) in [4.78, 5) is 22.7. The Hall–Kier alpha value is 1.85. The molecule has 4 N–H and O–H groups in total. The molecule has 0 saturated carbocycles. The molecule has 0 aliphatic rings. The molecule has 1 radical (unpaired) electrons. The summed E-state index contributed by atoms with van der Waals surface area (Å²) >= 11 is 4.88. The van der Waals surface area contributed by atoms with Gasteiger partial charge in [-0.1, -0.05) is 0 Å². The van der Waals surface area contributed by atoms with Crippen molar-refractivity contribution in [3.63, 3.8) is 0 Å². The van der Waals surface area contributed by atoms with E-state index in [1.54, 1.807) is 0 Å². The Bertz CT molecular complexity index is 74.4. The van der Waals surface area contributed by atoms with Crippen LogP contribution in [0.4, 0.5) is 0 Å². The van der Waals surface area contributed by atoms with E-state index in [0.29, 0.717) is 0 Å². The fourth-order valence-electron chi connectivity index (χ4n) is 0. The molecule has 0 unspecified atom stereocenters. The number of hydrogen-bond donors (Lipinski definition) is 3. The monoisotopic (exact) mass is 245 g/mol. The van der Waals surface area contributed by atoms with Gasteiger partial charge in [-0.15, -0.1) is 0 Å². The van der Waals surface area contributed by atoms with Gasteiger partial charge in [0.05, 0.1) is 0 Å². The first-order valence-electron chi connectivity index (χ1n) is 1.02. The van der Waals surface area contributed by atoms with Gasteiger partial charge < -0.3 is 20.2 Å². The van der Waals surface area contributed by atoms with Crippen molar-refractivity contribution < 1.29 is 39.0 Å². The molecule has 9 heteroatoms. The van der Waals surface area contributed by atoms with Crippen LogP contribution in [0.25, 0.3) is 0 Å². The van der Waals surface area contributed by atoms with Crippen molar-refractivity contribution in [2.75, 3.05) is 0 Å². The van der Waals surface area contributed by atoms with Gasteiger partial charge in [0.2, 0.25) is 0 Å². The molecular weight excluding hydrogens is 239 g/mol. The van der Waals surface area contributed by atoms with E-state index in [0.717, 1.165) is 0 Å². The van der Waals surface area contributed by atoms with Gasteiger partial charge in [0, 0.05) is 0 Å². The topological polar surface area (TPSA) is 90.7 Å². The van der Waals surface area contributed by atoms with Crippen LogP contribution in [0.5, 0.6) is 0 Å². The Morgan fingerprint density at radius 2 is 1.11 bits per heavy atom. The van der Waals surface area contributed by atoms with E-state index in [1.165, 1.54) is 14.9 Å². The van der Waals surface area contributed by atoms with Crippen LogP contribution in [-0.4, -0.2) is 35.0 Å². The molecule has 0 spiro atoms. The second-order valence-electron chi connectivity index (χ2n) is 0.513. The Labute approximate surface area is 82.4 Å². The summed E-state index contributed by atoms with van der Waals surface area (Å²) in [5.74, 6) is 0. The second-order valence-corrected chi connectivity index (χ2v) is 3.01. The minimum atomic E-state index is -3.81. The van der Waals surface area contributed by atoms with Crippen LogP contribution in [0.2, 0.25) is 0 Å². The molecule has 0 rings (SSSR count). The SMILES string of the molecule is OP(O)(O)=S.[Li+].[OH-].[S]=[GeH]. The van der Waals surface area contributed by atoms with Crippen LogP contribution in [0.1, 0.15) is 0 Å². The van der Waals surface area contributed by atoms with E-state index in [1.807, 2.05) is 0 Å². The van der Waals surface area contributed by atoms with Gasteiger partial charge >= 0.3 is 50.9 Å². The van der Waals surface area contributed by atoms with Crippen LogP contribution in [-0.2, 0) is 11.8 Å². The Balaban J connectivity index is -0.0000000286. The molecule has 0 saturated heterocycles. The minimum absolute atomic E-state index is 0. The van der Waals surface area contributed by atoms with Crippen LogP contribution in [0.3, 0.4) is 0 Å². The van der Waals surface area contributed by atoms with Crippen LogP contribution >= 0.6 is 17.2 Å². The van der Waals surface area contributed by atoms with Gasteiger partial charge in [0.1, 0.15) is 0 Å². The average molecular weight is 244 g/mol. The summed E-state index contributed by atoms with van der Waals surface area (Å²) in [5.41, 5.74) is 0. The maximum absolute atomic E-state index is 7.56. The van der Waals surface area contributed by atoms with Crippen LogP contribution in [0, 0.1) is 0 Å². The quantitative estimate of drug-likeness (QED) is 0.297. The van der Waals surface area contributed by atoms with Crippen molar-refractivity contribution in [2.24, 2.45) is 0 Å². The molecule has 0 amide bonds. The predicted octanol–water partition coefficient (Wildman–Crippen LogP) is -3.99. The van der Waals surface area contributed by atoms with Crippen molar-refractivity contribution in [1.29, 1.82) is 0 Å². The normalized spacial score (nSPS) is 7.00. The molecule has 0 aromatic heterocycles. The summed E-state index contributed by atoms with van der Waals surface area (Å²) in [6.45, 7) is -3.81. The fraction of sp³-hybridized carbons (Fsp3) is 0. The van der Waals surface area contributed by atoms with Gasteiger partial charge in [-0.3, -0.25) is 0 Å². The molecule has 51 valence electrons. The third-order valence-corrected chi connectivity index (χ3v) is 0. The van der Waals surface area contributed by atoms with Gasteiger partial charge in [-0.25, -0.2) is 0 Å². The van der Waals surface area contributed by atoms with Crippen molar-refractivity contribution in [2.45, 2.75) is 0 Å². The molecule has 9 heavy (non-hydrogen) atoms. The summed E-state index contributed by atoms with van der Waals surface area (Å²) in [5, 5.41) is 0. The predicted molar refractivity (Wildman–Crippen MR) is 37.6 cm³/mol. The van der Waals surface area contributed by atoms with Gasteiger partial charge in [0.15, 0.2) is 0 Å². The van der Waals surface area contributed by atoms with E-state index in [2.05, 4.69) is 22.3 Å². The first kappa shape index (κ1) is 22.4. The van der Waals surface area contributed by atoms with E-state index in [9.17, 15) is 0 Å². The molecule has 4 nitrogen and oxygen atoms in total. The number of rotatable bonds is 0. The van der Waals surface area contributed by atoms with Crippen LogP contribution < -0.4 is 18.9 Å². The summed E-state index contributed by atoms with van der Waals surface area (Å²) in [7, 11) is 4.15. The molecule has 0 aliphatic heterocycles. The molecule has 0 atom stereocenters. The Morgan fingerprint density at radius 1 is 1.11 bits per heavy atom. The molecule has 0 heterocycles. The van der Waals surface area contributed by atoms with Crippen LogP contribution in [0.15, 0.2) is 0 Å². The van der Waals surface area contributed by atoms with Gasteiger partial charge in [-0.2, -0.15) is 0 Å². The Kier molecular flexibility index (Phi) is 31.2. The molecule has 0 fully saturated rings. The third kappa shape index (κ3) is 177. The maximum atomic E-state index is 7.56. The summed E-state index contributed by atoms with van der Waals surface area (Å²) in [6.07, 6.45) is 0. The zero-order chi connectivity index (χ0) is 6.50. The van der Waals surface area contributed by atoms with Gasteiger partial charge in [0.25, 0.3) is 0 Å². The van der Waals surface area contributed by atoms with Crippen molar-refractivity contribution >= 4 is 43.8 Å². The first-order chi connectivity index (χ1) is 3.00. The molecule has 0 aromatic carbocycles. The molecule has 0 aromatic rings. The zero-order valence-corrected chi connectivity index (χ0v) is 9.58. The van der Waals surface area contributed by atoms with E-state index in [4.69, 9.17) is 14.7 Å². The summed E-state index contributed by atoms with van der Waals surface area (Å²) < 4.78 is 0. The third-order valence-electron chi connectivity index (χ3n) is 0. The number of hydrogen-bond acceptors (Lipinski definition) is 3. The van der Waals surface area contributed by atoms with Gasteiger partial charge in [-0.05, 0) is 11.8 Å². The molecular formula is H5GeLiO4PS2. The van der Waals surface area contributed by atoms with Crippen molar-refractivity contribution in [3.05, 3.63) is 0 Å². The van der Waals surface area contributed by atoms with E-state index < -0.39 is 6.72 Å². The zero-order valence-electron chi connectivity index (χ0n) is 4.63. The van der Waals surface area contributed by atoms with E-state index >= 15 is 0 Å². The second kappa shape index (κ2) is 12.5. The van der Waals surface area contributed by atoms with Crippen molar-refractivity contribution in [1.82, 2.24) is 0 Å². The first-order valence-corrected chi connectivity index (χ1v) is 7.12. The standard InChI is InChI=1S/GeHS.Li.H3O3PS.H2O/c1-2;;1-4(2,3)5;/h1H;;(H3,1,2,3,5);1H2/q;+1;;/p-1. The van der Waals surface area contributed by atoms with Crippen molar-refractivity contribution in [3.8, 4) is 0 Å². The molecule has 0 bridgehead atoms. The Morgan fingerprint density at radius 3 is 1.11 bits per heavy atom. The summed E-state index contributed by atoms with van der Waals surface area (Å²) in [6, 6.07) is 0. The molecule has 0 aliphatic carbocycles. The average Bonchev–Trinajstić information content (AvgIpc) is 1.36. The fourth-order valence-corrected chi connectivity index (χ4v) is 0.